The van der Waals surface area contributed by atoms with Crippen LogP contribution in [0.4, 0.5) is 0 Å². The number of hydrogen-bond acceptors (Lipinski definition) is 3. The Morgan fingerprint density at radius 3 is 2.65 bits per heavy atom. The van der Waals surface area contributed by atoms with Crippen molar-refractivity contribution < 1.29 is 9.59 Å². The molecule has 124 valence electrons. The predicted octanol–water partition coefficient (Wildman–Crippen LogP) is 1.58. The lowest BCUT2D eigenvalue weighted by atomic mass is 9.89. The van der Waals surface area contributed by atoms with Gasteiger partial charge in [-0.2, -0.15) is 0 Å². The molecule has 2 aliphatic rings. The van der Waals surface area contributed by atoms with Crippen LogP contribution in [0.25, 0.3) is 0 Å². The monoisotopic (exact) mass is 315 g/mol. The molecule has 2 fully saturated rings. The van der Waals surface area contributed by atoms with Crippen molar-refractivity contribution in [1.82, 2.24) is 16.0 Å². The third-order valence-corrected chi connectivity index (χ3v) is 4.95. The van der Waals surface area contributed by atoms with Crippen molar-refractivity contribution in [3.8, 4) is 0 Å². The second kappa shape index (κ2) is 7.13. The van der Waals surface area contributed by atoms with Gasteiger partial charge in [0.25, 0.3) is 5.91 Å². The molecular formula is C18H25N3O2. The average molecular weight is 315 g/mol. The van der Waals surface area contributed by atoms with Crippen molar-refractivity contribution in [2.45, 2.75) is 50.7 Å². The van der Waals surface area contributed by atoms with Gasteiger partial charge in [0.1, 0.15) is 0 Å². The van der Waals surface area contributed by atoms with Gasteiger partial charge in [0.2, 0.25) is 5.91 Å². The van der Waals surface area contributed by atoms with E-state index in [1.165, 1.54) is 12.8 Å². The van der Waals surface area contributed by atoms with Gasteiger partial charge in [-0.15, -0.1) is 0 Å². The van der Waals surface area contributed by atoms with E-state index in [0.717, 1.165) is 18.4 Å². The van der Waals surface area contributed by atoms with Crippen molar-refractivity contribution >= 4 is 11.8 Å². The van der Waals surface area contributed by atoms with Crippen LogP contribution in [0.15, 0.2) is 24.3 Å². The van der Waals surface area contributed by atoms with Crippen molar-refractivity contribution in [1.29, 1.82) is 0 Å². The lowest BCUT2D eigenvalue weighted by molar-refractivity contribution is -0.122. The number of carbonyl (C=O) groups is 2. The molecule has 0 aromatic heterocycles. The van der Waals surface area contributed by atoms with Gasteiger partial charge in [0, 0.05) is 37.7 Å². The summed E-state index contributed by atoms with van der Waals surface area (Å²) in [5.41, 5.74) is 1.57. The number of nitrogens with one attached hydrogen (secondary N) is 3. The van der Waals surface area contributed by atoms with E-state index in [1.54, 1.807) is 13.1 Å². The van der Waals surface area contributed by atoms with Crippen LogP contribution in [0.3, 0.4) is 0 Å². The van der Waals surface area contributed by atoms with Gasteiger partial charge < -0.3 is 16.0 Å². The predicted molar refractivity (Wildman–Crippen MR) is 89.0 cm³/mol. The minimum Gasteiger partial charge on any atom is -0.355 e. The molecule has 5 nitrogen and oxygen atoms in total. The Bertz CT molecular complexity index is 575. The van der Waals surface area contributed by atoms with Gasteiger partial charge in [-0.1, -0.05) is 12.1 Å². The second-order valence-electron chi connectivity index (χ2n) is 6.74. The number of amides is 2. The average Bonchev–Trinajstić information content (AvgIpc) is 2.91. The first-order chi connectivity index (χ1) is 11.1. The van der Waals surface area contributed by atoms with Crippen molar-refractivity contribution in [2.75, 3.05) is 7.05 Å². The van der Waals surface area contributed by atoms with Gasteiger partial charge >= 0.3 is 0 Å². The molecule has 0 spiro atoms. The highest BCUT2D eigenvalue weighted by Gasteiger charge is 2.34. The molecule has 2 heterocycles. The number of carbonyl (C=O) groups excluding carboxylic acids is 2. The maximum atomic E-state index is 12.2. The number of hydrogen-bond donors (Lipinski definition) is 3. The molecule has 3 rings (SSSR count). The molecule has 2 amide bonds. The van der Waals surface area contributed by atoms with E-state index >= 15 is 0 Å². The molecule has 23 heavy (non-hydrogen) atoms. The molecule has 2 saturated heterocycles. The first-order valence-corrected chi connectivity index (χ1v) is 8.48. The number of rotatable bonds is 5. The number of piperidine rings is 1. The summed E-state index contributed by atoms with van der Waals surface area (Å²) in [5.74, 6) is 0.510. The van der Waals surface area contributed by atoms with E-state index < -0.39 is 0 Å². The molecule has 0 saturated carbocycles. The third-order valence-electron chi connectivity index (χ3n) is 4.95. The maximum Gasteiger partial charge on any atom is 0.251 e. The minimum absolute atomic E-state index is 0.108. The summed E-state index contributed by atoms with van der Waals surface area (Å²) in [6, 6.07) is 8.61. The lowest BCUT2D eigenvalue weighted by Gasteiger charge is -2.28. The molecule has 5 heteroatoms. The fraction of sp³-hybridized carbons (Fsp3) is 0.556. The van der Waals surface area contributed by atoms with Crippen LogP contribution < -0.4 is 16.0 Å². The lowest BCUT2D eigenvalue weighted by Crippen LogP contribution is -2.39. The highest BCUT2D eigenvalue weighted by molar-refractivity contribution is 5.94. The Morgan fingerprint density at radius 2 is 1.96 bits per heavy atom. The van der Waals surface area contributed by atoms with E-state index in [4.69, 9.17) is 0 Å². The Kier molecular flexibility index (Phi) is 4.96. The highest BCUT2D eigenvalue weighted by atomic mass is 16.2. The van der Waals surface area contributed by atoms with E-state index in [9.17, 15) is 9.59 Å². The summed E-state index contributed by atoms with van der Waals surface area (Å²) in [7, 11) is 1.61. The zero-order chi connectivity index (χ0) is 16.2. The number of benzene rings is 1. The summed E-state index contributed by atoms with van der Waals surface area (Å²) in [6.07, 6.45) is 5.38. The van der Waals surface area contributed by atoms with Crippen LogP contribution in [0, 0.1) is 5.92 Å². The summed E-state index contributed by atoms with van der Waals surface area (Å²) >= 11 is 0. The Morgan fingerprint density at radius 1 is 1.22 bits per heavy atom. The topological polar surface area (TPSA) is 70.2 Å². The molecule has 2 unspecified atom stereocenters. The molecule has 2 bridgehead atoms. The van der Waals surface area contributed by atoms with E-state index in [2.05, 4.69) is 16.0 Å². The van der Waals surface area contributed by atoms with Crippen LogP contribution >= 0.6 is 0 Å². The first-order valence-electron chi connectivity index (χ1n) is 8.48. The molecule has 0 aliphatic carbocycles. The van der Waals surface area contributed by atoms with Crippen LogP contribution in [0.5, 0.6) is 0 Å². The standard InChI is InChI=1S/C18H25N3O2/c1-19-18(23)14-4-2-3-12(7-14)11-20-17(22)10-13-8-15-5-6-16(9-13)21-15/h2-4,7,13,15-16,21H,5-6,8-11H2,1H3,(H,19,23)(H,20,22). The Labute approximate surface area is 137 Å². The molecule has 0 radical (unpaired) electrons. The molecular weight excluding hydrogens is 290 g/mol. The van der Waals surface area contributed by atoms with Crippen molar-refractivity contribution in [3.05, 3.63) is 35.4 Å². The van der Waals surface area contributed by atoms with Gasteiger partial charge in [-0.25, -0.2) is 0 Å². The highest BCUT2D eigenvalue weighted by Crippen LogP contribution is 2.32. The van der Waals surface area contributed by atoms with Crippen LogP contribution in [-0.2, 0) is 11.3 Å². The van der Waals surface area contributed by atoms with Gasteiger partial charge in [0.15, 0.2) is 0 Å². The second-order valence-corrected chi connectivity index (χ2v) is 6.74. The summed E-state index contributed by atoms with van der Waals surface area (Å²) in [4.78, 5) is 23.8. The van der Waals surface area contributed by atoms with Gasteiger partial charge in [0.05, 0.1) is 0 Å². The molecule has 3 N–H and O–H groups in total. The summed E-state index contributed by atoms with van der Waals surface area (Å²) in [5, 5.41) is 9.20. The largest absolute Gasteiger partial charge is 0.355 e. The van der Waals surface area contributed by atoms with E-state index in [0.29, 0.717) is 36.5 Å². The SMILES string of the molecule is CNC(=O)c1cccc(CNC(=O)CC2CC3CCC(C2)N3)c1. The van der Waals surface area contributed by atoms with Gasteiger partial charge in [-0.3, -0.25) is 9.59 Å². The minimum atomic E-state index is -0.108. The van der Waals surface area contributed by atoms with Crippen molar-refractivity contribution in [2.24, 2.45) is 5.92 Å². The van der Waals surface area contributed by atoms with E-state index in [-0.39, 0.29) is 11.8 Å². The van der Waals surface area contributed by atoms with Crippen LogP contribution in [-0.4, -0.2) is 30.9 Å². The molecule has 2 atom stereocenters. The number of fused-ring (bicyclic) bond motifs is 2. The quantitative estimate of drug-likeness (QED) is 0.773. The summed E-state index contributed by atoms with van der Waals surface area (Å²) in [6.45, 7) is 0.474. The molecule has 2 aliphatic heterocycles. The van der Waals surface area contributed by atoms with Crippen LogP contribution in [0.1, 0.15) is 48.0 Å². The third kappa shape index (κ3) is 4.10. The molecule has 1 aromatic rings. The molecule has 1 aromatic carbocycles. The van der Waals surface area contributed by atoms with Gasteiger partial charge in [-0.05, 0) is 49.3 Å². The van der Waals surface area contributed by atoms with Crippen molar-refractivity contribution in [3.63, 3.8) is 0 Å². The maximum absolute atomic E-state index is 12.2. The fourth-order valence-corrected chi connectivity index (χ4v) is 3.84. The summed E-state index contributed by atoms with van der Waals surface area (Å²) < 4.78 is 0. The van der Waals surface area contributed by atoms with Crippen LogP contribution in [0.2, 0.25) is 0 Å². The first kappa shape index (κ1) is 16.0. The fourth-order valence-electron chi connectivity index (χ4n) is 3.84. The Balaban J connectivity index is 1.48. The zero-order valence-corrected chi connectivity index (χ0v) is 13.6. The van der Waals surface area contributed by atoms with E-state index in [1.807, 2.05) is 18.2 Å². The smallest absolute Gasteiger partial charge is 0.251 e. The zero-order valence-electron chi connectivity index (χ0n) is 13.6. The Hall–Kier alpha value is -1.88. The normalized spacial score (nSPS) is 25.9.